The van der Waals surface area contributed by atoms with Crippen LogP contribution in [0.25, 0.3) is 6.08 Å². The molecule has 0 fully saturated rings. The fraction of sp³-hybridized carbons (Fsp3) is 0.0625. The topological polar surface area (TPSA) is 134 Å². The van der Waals surface area contributed by atoms with E-state index in [9.17, 15) is 25.0 Å². The van der Waals surface area contributed by atoms with Crippen LogP contribution in [0.3, 0.4) is 0 Å². The summed E-state index contributed by atoms with van der Waals surface area (Å²) in [5.41, 5.74) is -0.0192. The Hall–Kier alpha value is -3.95. The highest BCUT2D eigenvalue weighted by Crippen LogP contribution is 2.38. The molecule has 0 saturated carbocycles. The summed E-state index contributed by atoms with van der Waals surface area (Å²) in [7, 11) is 0. The number of rotatable bonds is 5. The second-order valence-corrected chi connectivity index (χ2v) is 5.15. The van der Waals surface area contributed by atoms with Crippen LogP contribution in [0.4, 0.5) is 17.1 Å². The second kappa shape index (κ2) is 6.89. The van der Waals surface area contributed by atoms with Gasteiger partial charge in [-0.25, -0.2) is 0 Å². The lowest BCUT2D eigenvalue weighted by Gasteiger charge is -2.03. The summed E-state index contributed by atoms with van der Waals surface area (Å²) < 4.78 is 10.3. The number of nitro benzene ring substituents is 2. The van der Waals surface area contributed by atoms with Crippen molar-refractivity contribution in [2.24, 2.45) is 0 Å². The molecule has 1 heterocycles. The number of nitro groups is 2. The van der Waals surface area contributed by atoms with E-state index in [1.54, 1.807) is 0 Å². The zero-order valence-electron chi connectivity index (χ0n) is 13.1. The van der Waals surface area contributed by atoms with E-state index in [-0.39, 0.29) is 35.2 Å². The van der Waals surface area contributed by atoms with Crippen molar-refractivity contribution in [1.29, 1.82) is 0 Å². The van der Waals surface area contributed by atoms with Crippen LogP contribution < -0.4 is 14.8 Å². The Kier molecular flexibility index (Phi) is 4.48. The predicted molar refractivity (Wildman–Crippen MR) is 90.0 cm³/mol. The Morgan fingerprint density at radius 3 is 2.50 bits per heavy atom. The molecule has 0 atom stereocenters. The zero-order valence-corrected chi connectivity index (χ0v) is 13.1. The van der Waals surface area contributed by atoms with Crippen molar-refractivity contribution < 1.29 is 24.1 Å². The standard InChI is InChI=1S/C16H11N3O7/c20-16(17-11-2-1-3-12(7-11)18(21)22)5-4-10-6-14-15(26-9-25-14)8-13(10)19(23)24/h1-8H,9H2,(H,17,20)/b5-4+. The van der Waals surface area contributed by atoms with Gasteiger partial charge in [-0.15, -0.1) is 0 Å². The number of benzene rings is 2. The molecule has 1 N–H and O–H groups in total. The first kappa shape index (κ1) is 16.9. The SMILES string of the molecule is O=C(/C=C/c1cc2c(cc1[N+](=O)[O-])OCO2)Nc1cccc([N+](=O)[O-])c1. The average Bonchev–Trinajstić information content (AvgIpc) is 3.06. The Balaban J connectivity index is 1.79. The lowest BCUT2D eigenvalue weighted by Crippen LogP contribution is -2.08. The molecule has 2 aromatic rings. The summed E-state index contributed by atoms with van der Waals surface area (Å²) in [5.74, 6) is 0.00158. The smallest absolute Gasteiger partial charge is 0.280 e. The van der Waals surface area contributed by atoms with Crippen LogP contribution in [0.15, 0.2) is 42.5 Å². The third kappa shape index (κ3) is 3.59. The fourth-order valence-corrected chi connectivity index (χ4v) is 2.29. The summed E-state index contributed by atoms with van der Waals surface area (Å²) >= 11 is 0. The van der Waals surface area contributed by atoms with Crippen LogP contribution >= 0.6 is 0 Å². The Morgan fingerprint density at radius 1 is 1.08 bits per heavy atom. The monoisotopic (exact) mass is 357 g/mol. The number of ether oxygens (including phenoxy) is 2. The molecule has 2 aromatic carbocycles. The third-order valence-electron chi connectivity index (χ3n) is 3.46. The molecule has 0 radical (unpaired) electrons. The first-order valence-corrected chi connectivity index (χ1v) is 7.25. The first-order chi connectivity index (χ1) is 12.4. The molecule has 10 nitrogen and oxygen atoms in total. The van der Waals surface area contributed by atoms with Gasteiger partial charge < -0.3 is 14.8 Å². The van der Waals surface area contributed by atoms with Crippen LogP contribution in [0.1, 0.15) is 5.56 Å². The van der Waals surface area contributed by atoms with Gasteiger partial charge in [0.1, 0.15) is 0 Å². The van der Waals surface area contributed by atoms with Crippen molar-refractivity contribution in [1.82, 2.24) is 0 Å². The number of carbonyl (C=O) groups excluding carboxylic acids is 1. The summed E-state index contributed by atoms with van der Waals surface area (Å²) in [5, 5.41) is 24.4. The van der Waals surface area contributed by atoms with Crippen molar-refractivity contribution in [3.8, 4) is 11.5 Å². The quantitative estimate of drug-likeness (QED) is 0.494. The Labute approximate surface area is 145 Å². The van der Waals surface area contributed by atoms with E-state index in [2.05, 4.69) is 5.32 Å². The number of amides is 1. The number of fused-ring (bicyclic) bond motifs is 1. The highest BCUT2D eigenvalue weighted by atomic mass is 16.7. The fourth-order valence-electron chi connectivity index (χ4n) is 2.29. The van der Waals surface area contributed by atoms with Crippen molar-refractivity contribution in [3.05, 3.63) is 68.3 Å². The molecule has 0 saturated heterocycles. The molecule has 3 rings (SSSR count). The molecule has 1 aliphatic heterocycles. The molecule has 0 aliphatic carbocycles. The average molecular weight is 357 g/mol. The minimum Gasteiger partial charge on any atom is -0.454 e. The normalized spacial score (nSPS) is 12.2. The molecule has 0 bridgehead atoms. The van der Waals surface area contributed by atoms with Crippen molar-refractivity contribution in [3.63, 3.8) is 0 Å². The van der Waals surface area contributed by atoms with E-state index in [0.717, 1.165) is 6.08 Å². The second-order valence-electron chi connectivity index (χ2n) is 5.15. The van der Waals surface area contributed by atoms with Crippen LogP contribution in [0.2, 0.25) is 0 Å². The number of nitrogens with zero attached hydrogens (tertiary/aromatic N) is 2. The van der Waals surface area contributed by atoms with Crippen molar-refractivity contribution in [2.75, 3.05) is 12.1 Å². The molecule has 0 spiro atoms. The summed E-state index contributed by atoms with van der Waals surface area (Å²) in [6, 6.07) is 8.04. The molecule has 1 amide bonds. The van der Waals surface area contributed by atoms with E-state index >= 15 is 0 Å². The van der Waals surface area contributed by atoms with Gasteiger partial charge in [0.15, 0.2) is 11.5 Å². The Bertz CT molecular complexity index is 939. The molecule has 10 heteroatoms. The number of anilines is 1. The number of hydrogen-bond acceptors (Lipinski definition) is 7. The maximum atomic E-state index is 12.0. The van der Waals surface area contributed by atoms with Gasteiger partial charge in [-0.1, -0.05) is 6.07 Å². The molecule has 0 unspecified atom stereocenters. The van der Waals surface area contributed by atoms with Crippen molar-refractivity contribution >= 4 is 29.0 Å². The lowest BCUT2D eigenvalue weighted by molar-refractivity contribution is -0.385. The van der Waals surface area contributed by atoms with Crippen LogP contribution in [-0.4, -0.2) is 22.5 Å². The van der Waals surface area contributed by atoms with Crippen LogP contribution in [0.5, 0.6) is 11.5 Å². The van der Waals surface area contributed by atoms with Gasteiger partial charge in [0.2, 0.25) is 12.7 Å². The maximum Gasteiger partial charge on any atom is 0.280 e. The first-order valence-electron chi connectivity index (χ1n) is 7.25. The van der Waals surface area contributed by atoms with Gasteiger partial charge in [-0.2, -0.15) is 0 Å². The van der Waals surface area contributed by atoms with E-state index < -0.39 is 15.8 Å². The minimum absolute atomic E-state index is 0.0348. The van der Waals surface area contributed by atoms with E-state index in [1.165, 1.54) is 42.5 Å². The lowest BCUT2D eigenvalue weighted by atomic mass is 10.1. The van der Waals surface area contributed by atoms with E-state index in [1.807, 2.05) is 0 Å². The maximum absolute atomic E-state index is 12.0. The molecule has 0 aromatic heterocycles. The zero-order chi connectivity index (χ0) is 18.7. The van der Waals surface area contributed by atoms with Crippen LogP contribution in [-0.2, 0) is 4.79 Å². The third-order valence-corrected chi connectivity index (χ3v) is 3.46. The predicted octanol–water partition coefficient (Wildman–Crippen LogP) is 2.88. The van der Waals surface area contributed by atoms with Gasteiger partial charge in [0.25, 0.3) is 11.4 Å². The number of hydrogen-bond donors (Lipinski definition) is 1. The largest absolute Gasteiger partial charge is 0.454 e. The minimum atomic E-state index is -0.600. The number of non-ortho nitro benzene ring substituents is 1. The Morgan fingerprint density at radius 2 is 1.81 bits per heavy atom. The summed E-state index contributed by atoms with van der Waals surface area (Å²) in [6.07, 6.45) is 2.34. The van der Waals surface area contributed by atoms with Gasteiger partial charge >= 0.3 is 0 Å². The van der Waals surface area contributed by atoms with Gasteiger partial charge in [-0.05, 0) is 18.2 Å². The molecular formula is C16H11N3O7. The molecular weight excluding hydrogens is 346 g/mol. The number of nitrogens with one attached hydrogen (secondary N) is 1. The van der Waals surface area contributed by atoms with Gasteiger partial charge in [-0.3, -0.25) is 25.0 Å². The van der Waals surface area contributed by atoms with E-state index in [0.29, 0.717) is 5.75 Å². The molecule has 132 valence electrons. The van der Waals surface area contributed by atoms with Gasteiger partial charge in [0, 0.05) is 23.9 Å². The highest BCUT2D eigenvalue weighted by molar-refractivity contribution is 6.02. The van der Waals surface area contributed by atoms with Gasteiger partial charge in [0.05, 0.1) is 21.5 Å². The van der Waals surface area contributed by atoms with Crippen molar-refractivity contribution in [2.45, 2.75) is 0 Å². The highest BCUT2D eigenvalue weighted by Gasteiger charge is 2.22. The summed E-state index contributed by atoms with van der Waals surface area (Å²) in [4.78, 5) is 32.7. The molecule has 1 aliphatic rings. The van der Waals surface area contributed by atoms with Crippen LogP contribution in [0, 0.1) is 20.2 Å². The summed E-state index contributed by atoms with van der Waals surface area (Å²) in [6.45, 7) is -0.0348. The molecule has 26 heavy (non-hydrogen) atoms. The van der Waals surface area contributed by atoms with E-state index in [4.69, 9.17) is 9.47 Å². The number of carbonyl (C=O) groups is 1.